The Morgan fingerprint density at radius 3 is 2.84 bits per heavy atom. The van der Waals surface area contributed by atoms with Crippen molar-refractivity contribution in [2.24, 2.45) is 0 Å². The highest BCUT2D eigenvalue weighted by molar-refractivity contribution is 7.80. The molecule has 0 bridgehead atoms. The van der Waals surface area contributed by atoms with Crippen LogP contribution in [0, 0.1) is 0 Å². The van der Waals surface area contributed by atoms with Crippen LogP contribution in [-0.2, 0) is 4.74 Å². The van der Waals surface area contributed by atoms with E-state index < -0.39 is 5.60 Å². The van der Waals surface area contributed by atoms with Gasteiger partial charge in [-0.05, 0) is 26.0 Å². The van der Waals surface area contributed by atoms with Crippen LogP contribution in [-0.4, -0.2) is 47.3 Å². The summed E-state index contributed by atoms with van der Waals surface area (Å²) >= 11 is 4.32. The van der Waals surface area contributed by atoms with Crippen molar-refractivity contribution in [2.45, 2.75) is 30.4 Å². The fraction of sp³-hybridized carbons (Fsp3) is 0.500. The molecule has 104 valence electrons. The van der Waals surface area contributed by atoms with Crippen molar-refractivity contribution in [1.82, 2.24) is 4.90 Å². The summed E-state index contributed by atoms with van der Waals surface area (Å²) in [7, 11) is 0. The molecule has 1 saturated heterocycles. The largest absolute Gasteiger partial charge is 0.394 e. The highest BCUT2D eigenvalue weighted by atomic mass is 32.1. The number of rotatable bonds is 2. The Labute approximate surface area is 118 Å². The monoisotopic (exact) mass is 281 g/mol. The van der Waals surface area contributed by atoms with Gasteiger partial charge in [0.15, 0.2) is 0 Å². The van der Waals surface area contributed by atoms with Gasteiger partial charge in [-0.3, -0.25) is 4.79 Å². The number of aliphatic hydroxyl groups is 1. The molecule has 1 atom stereocenters. The zero-order valence-electron chi connectivity index (χ0n) is 11.2. The van der Waals surface area contributed by atoms with E-state index in [1.807, 2.05) is 26.0 Å². The van der Waals surface area contributed by atoms with Crippen LogP contribution in [0.2, 0.25) is 0 Å². The molecule has 0 aliphatic carbocycles. The Morgan fingerprint density at radius 2 is 2.21 bits per heavy atom. The molecule has 1 amide bonds. The lowest BCUT2D eigenvalue weighted by Gasteiger charge is -2.42. The molecule has 1 unspecified atom stereocenters. The summed E-state index contributed by atoms with van der Waals surface area (Å²) in [4.78, 5) is 14.9. The van der Waals surface area contributed by atoms with Crippen molar-refractivity contribution in [3.8, 4) is 0 Å². The Hall–Kier alpha value is -1.04. The number of aliphatic hydroxyl groups excluding tert-OH is 1. The summed E-state index contributed by atoms with van der Waals surface area (Å²) < 4.78 is 5.71. The Balaban J connectivity index is 2.21. The third-order valence-electron chi connectivity index (χ3n) is 3.11. The Kier molecular flexibility index (Phi) is 4.18. The minimum absolute atomic E-state index is 0.0691. The van der Waals surface area contributed by atoms with E-state index in [0.717, 1.165) is 0 Å². The molecule has 0 aromatic heterocycles. The van der Waals surface area contributed by atoms with Gasteiger partial charge < -0.3 is 14.7 Å². The maximum atomic E-state index is 12.5. The van der Waals surface area contributed by atoms with Crippen molar-refractivity contribution in [1.29, 1.82) is 0 Å². The first-order valence-electron chi connectivity index (χ1n) is 6.29. The molecular formula is C14H19NO3S. The van der Waals surface area contributed by atoms with Crippen molar-refractivity contribution < 1.29 is 14.6 Å². The van der Waals surface area contributed by atoms with Crippen molar-refractivity contribution in [2.75, 3.05) is 19.7 Å². The number of thiol groups is 1. The van der Waals surface area contributed by atoms with Crippen LogP contribution < -0.4 is 0 Å². The van der Waals surface area contributed by atoms with Crippen molar-refractivity contribution in [3.05, 3.63) is 29.8 Å². The van der Waals surface area contributed by atoms with E-state index in [2.05, 4.69) is 12.6 Å². The first-order valence-corrected chi connectivity index (χ1v) is 6.73. The topological polar surface area (TPSA) is 49.8 Å². The van der Waals surface area contributed by atoms with Gasteiger partial charge in [0.1, 0.15) is 0 Å². The van der Waals surface area contributed by atoms with Gasteiger partial charge in [0.2, 0.25) is 0 Å². The normalized spacial score (nSPS) is 22.3. The van der Waals surface area contributed by atoms with Gasteiger partial charge >= 0.3 is 0 Å². The zero-order chi connectivity index (χ0) is 14.0. The van der Waals surface area contributed by atoms with E-state index in [4.69, 9.17) is 4.74 Å². The van der Waals surface area contributed by atoms with E-state index in [1.165, 1.54) is 0 Å². The number of benzene rings is 1. The number of carbonyl (C=O) groups excluding carboxylic acids is 1. The first-order chi connectivity index (χ1) is 8.93. The average Bonchev–Trinajstić information content (AvgIpc) is 2.36. The molecular weight excluding hydrogens is 262 g/mol. The van der Waals surface area contributed by atoms with Crippen molar-refractivity contribution >= 4 is 18.5 Å². The maximum Gasteiger partial charge on any atom is 0.255 e. The number of morpholine rings is 1. The van der Waals surface area contributed by atoms with E-state index >= 15 is 0 Å². The highest BCUT2D eigenvalue weighted by Gasteiger charge is 2.35. The van der Waals surface area contributed by atoms with Crippen LogP contribution >= 0.6 is 12.6 Å². The van der Waals surface area contributed by atoms with Gasteiger partial charge in [0.05, 0.1) is 23.9 Å². The van der Waals surface area contributed by atoms with Crippen LogP contribution in [0.25, 0.3) is 0 Å². The molecule has 0 spiro atoms. The summed E-state index contributed by atoms with van der Waals surface area (Å²) in [5, 5.41) is 9.27. The summed E-state index contributed by atoms with van der Waals surface area (Å²) in [6.45, 7) is 4.66. The lowest BCUT2D eigenvalue weighted by molar-refractivity contribution is -0.139. The molecule has 19 heavy (non-hydrogen) atoms. The molecule has 1 N–H and O–H groups in total. The van der Waals surface area contributed by atoms with Crippen LogP contribution in [0.5, 0.6) is 0 Å². The third kappa shape index (κ3) is 3.29. The SMILES string of the molecule is CC1(C)CN(C(=O)c2ccccc2S)CC(CO)O1. The summed E-state index contributed by atoms with van der Waals surface area (Å²) in [5.74, 6) is -0.0691. The molecule has 0 saturated carbocycles. The quantitative estimate of drug-likeness (QED) is 0.809. The van der Waals surface area contributed by atoms with Crippen LogP contribution in [0.4, 0.5) is 0 Å². The number of ether oxygens (including phenoxy) is 1. The summed E-state index contributed by atoms with van der Waals surface area (Å²) in [6, 6.07) is 7.23. The number of hydrogen-bond donors (Lipinski definition) is 2. The molecule has 0 radical (unpaired) electrons. The molecule has 2 rings (SSSR count). The van der Waals surface area contributed by atoms with E-state index in [9.17, 15) is 9.90 Å². The Bertz CT molecular complexity index is 476. The number of nitrogens with zero attached hydrogens (tertiary/aromatic N) is 1. The fourth-order valence-corrected chi connectivity index (χ4v) is 2.63. The minimum Gasteiger partial charge on any atom is -0.394 e. The molecule has 1 aliphatic rings. The molecule has 5 heteroatoms. The van der Waals surface area contributed by atoms with E-state index in [0.29, 0.717) is 23.5 Å². The minimum atomic E-state index is -0.452. The predicted octanol–water partition coefficient (Wildman–Crippen LogP) is 1.59. The number of amides is 1. The molecule has 4 nitrogen and oxygen atoms in total. The van der Waals surface area contributed by atoms with Crippen LogP contribution in [0.15, 0.2) is 29.2 Å². The average molecular weight is 281 g/mol. The third-order valence-corrected chi connectivity index (χ3v) is 3.50. The number of hydrogen-bond acceptors (Lipinski definition) is 4. The molecule has 1 aliphatic heterocycles. The van der Waals surface area contributed by atoms with Crippen LogP contribution in [0.1, 0.15) is 24.2 Å². The summed E-state index contributed by atoms with van der Waals surface area (Å²) in [6.07, 6.45) is -0.334. The standard InChI is InChI=1S/C14H19NO3S/c1-14(2)9-15(7-10(8-16)18-14)13(17)11-5-3-4-6-12(11)19/h3-6,10,16,19H,7-9H2,1-2H3. The molecule has 1 aromatic carbocycles. The second-order valence-electron chi connectivity index (χ2n) is 5.38. The second kappa shape index (κ2) is 5.53. The Morgan fingerprint density at radius 1 is 1.53 bits per heavy atom. The van der Waals surface area contributed by atoms with Gasteiger partial charge in [-0.25, -0.2) is 0 Å². The first kappa shape index (κ1) is 14.4. The second-order valence-corrected chi connectivity index (χ2v) is 5.87. The predicted molar refractivity (Wildman–Crippen MR) is 75.6 cm³/mol. The fourth-order valence-electron chi connectivity index (χ4n) is 2.37. The van der Waals surface area contributed by atoms with Gasteiger partial charge in [0.25, 0.3) is 5.91 Å². The number of carbonyl (C=O) groups is 1. The van der Waals surface area contributed by atoms with Gasteiger partial charge in [0, 0.05) is 18.0 Å². The van der Waals surface area contributed by atoms with Crippen molar-refractivity contribution in [3.63, 3.8) is 0 Å². The van der Waals surface area contributed by atoms with Gasteiger partial charge in [-0.2, -0.15) is 0 Å². The van der Waals surface area contributed by atoms with Gasteiger partial charge in [-0.15, -0.1) is 12.6 Å². The zero-order valence-corrected chi connectivity index (χ0v) is 12.1. The van der Waals surface area contributed by atoms with Gasteiger partial charge in [-0.1, -0.05) is 12.1 Å². The van der Waals surface area contributed by atoms with E-state index in [-0.39, 0.29) is 18.6 Å². The maximum absolute atomic E-state index is 12.5. The molecule has 1 heterocycles. The molecule has 1 fully saturated rings. The van der Waals surface area contributed by atoms with Crippen LogP contribution in [0.3, 0.4) is 0 Å². The van der Waals surface area contributed by atoms with E-state index in [1.54, 1.807) is 17.0 Å². The lowest BCUT2D eigenvalue weighted by atomic mass is 10.0. The lowest BCUT2D eigenvalue weighted by Crippen LogP contribution is -2.55. The smallest absolute Gasteiger partial charge is 0.255 e. The summed E-state index contributed by atoms with van der Waals surface area (Å²) in [5.41, 5.74) is 0.132. The molecule has 1 aromatic rings. The highest BCUT2D eigenvalue weighted by Crippen LogP contribution is 2.24.